The van der Waals surface area contributed by atoms with Crippen molar-refractivity contribution in [1.29, 1.82) is 0 Å². The molecule has 6 heteroatoms. The van der Waals surface area contributed by atoms with Crippen molar-refractivity contribution in [3.63, 3.8) is 0 Å². The summed E-state index contributed by atoms with van der Waals surface area (Å²) in [4.78, 5) is 15.7. The molecule has 0 aromatic rings. The van der Waals surface area contributed by atoms with Gasteiger partial charge in [0.1, 0.15) is 5.76 Å². The molecule has 1 aliphatic heterocycles. The van der Waals surface area contributed by atoms with Gasteiger partial charge in [0.2, 0.25) is 0 Å². The largest absolute Gasteiger partial charge is 0.573 e. The van der Waals surface area contributed by atoms with E-state index >= 15 is 0 Å². The van der Waals surface area contributed by atoms with Crippen LogP contribution in [0.1, 0.15) is 6.92 Å². The zero-order valence-corrected chi connectivity index (χ0v) is 8.78. The standard InChI is InChI=1S/C11H8F3NO2/c1-6-4-10(16)8-5-7(17-11(12,13)14)2-3-9(8)15-6/h2-5,8H,1H3. The molecule has 1 atom stereocenters. The fraction of sp³-hybridized carbons (Fsp3) is 0.273. The second-order valence-electron chi connectivity index (χ2n) is 3.65. The molecule has 2 aliphatic rings. The molecule has 0 saturated carbocycles. The topological polar surface area (TPSA) is 38.7 Å². The average Bonchev–Trinajstić information content (AvgIpc) is 2.16. The number of ether oxygens (including phenoxy) is 1. The third-order valence-electron chi connectivity index (χ3n) is 2.26. The van der Waals surface area contributed by atoms with Crippen LogP contribution in [-0.2, 0) is 9.53 Å². The van der Waals surface area contributed by atoms with E-state index in [1.54, 1.807) is 6.92 Å². The van der Waals surface area contributed by atoms with Crippen molar-refractivity contribution in [3.8, 4) is 0 Å². The van der Waals surface area contributed by atoms with Gasteiger partial charge in [-0.1, -0.05) is 0 Å². The molecule has 0 aromatic heterocycles. The number of carbonyl (C=O) groups is 1. The number of allylic oxidation sites excluding steroid dienone is 5. The first-order valence-electron chi connectivity index (χ1n) is 4.81. The highest BCUT2D eigenvalue weighted by Crippen LogP contribution is 2.27. The highest BCUT2D eigenvalue weighted by Gasteiger charge is 2.34. The minimum absolute atomic E-state index is 0.292. The van der Waals surface area contributed by atoms with Crippen LogP contribution in [0.2, 0.25) is 0 Å². The van der Waals surface area contributed by atoms with Gasteiger partial charge in [0, 0.05) is 11.8 Å². The van der Waals surface area contributed by atoms with Gasteiger partial charge >= 0.3 is 6.36 Å². The van der Waals surface area contributed by atoms with E-state index in [0.717, 1.165) is 12.2 Å². The van der Waals surface area contributed by atoms with Crippen LogP contribution in [0.4, 0.5) is 13.2 Å². The smallest absolute Gasteiger partial charge is 0.406 e. The molecule has 2 rings (SSSR count). The lowest BCUT2D eigenvalue weighted by Gasteiger charge is -2.20. The first-order chi connectivity index (χ1) is 7.85. The molecule has 0 radical (unpaired) electrons. The quantitative estimate of drug-likeness (QED) is 0.709. The number of halogens is 3. The van der Waals surface area contributed by atoms with Crippen LogP contribution in [0.15, 0.2) is 40.8 Å². The van der Waals surface area contributed by atoms with Gasteiger partial charge in [-0.05, 0) is 25.2 Å². The van der Waals surface area contributed by atoms with Crippen molar-refractivity contribution >= 4 is 11.5 Å². The Bertz CT molecular complexity index is 483. The Morgan fingerprint density at radius 3 is 2.71 bits per heavy atom. The zero-order chi connectivity index (χ0) is 12.6. The number of ketones is 1. The summed E-state index contributed by atoms with van der Waals surface area (Å²) >= 11 is 0. The summed E-state index contributed by atoms with van der Waals surface area (Å²) in [5.74, 6) is -1.45. The third-order valence-corrected chi connectivity index (χ3v) is 2.26. The molecule has 0 saturated heterocycles. The third kappa shape index (κ3) is 2.64. The van der Waals surface area contributed by atoms with Crippen LogP contribution >= 0.6 is 0 Å². The van der Waals surface area contributed by atoms with E-state index in [0.29, 0.717) is 11.4 Å². The fourth-order valence-electron chi connectivity index (χ4n) is 1.64. The van der Waals surface area contributed by atoms with E-state index in [1.165, 1.54) is 12.2 Å². The average molecular weight is 243 g/mol. The van der Waals surface area contributed by atoms with Crippen LogP contribution in [0.25, 0.3) is 0 Å². The zero-order valence-electron chi connectivity index (χ0n) is 8.78. The van der Waals surface area contributed by atoms with E-state index in [9.17, 15) is 18.0 Å². The Morgan fingerprint density at radius 2 is 2.06 bits per heavy atom. The van der Waals surface area contributed by atoms with Gasteiger partial charge in [0.25, 0.3) is 0 Å². The number of nitrogens with zero attached hydrogens (tertiary/aromatic N) is 1. The number of hydrogen-bond acceptors (Lipinski definition) is 3. The number of aliphatic imine (C=N–C) groups is 1. The second-order valence-corrected chi connectivity index (χ2v) is 3.65. The van der Waals surface area contributed by atoms with E-state index in [-0.39, 0.29) is 11.5 Å². The predicted octanol–water partition coefficient (Wildman–Crippen LogP) is 2.52. The first-order valence-corrected chi connectivity index (χ1v) is 4.81. The lowest BCUT2D eigenvalue weighted by atomic mass is 9.91. The minimum Gasteiger partial charge on any atom is -0.406 e. The monoisotopic (exact) mass is 243 g/mol. The van der Waals surface area contributed by atoms with Crippen molar-refractivity contribution in [2.24, 2.45) is 10.9 Å². The Morgan fingerprint density at radius 1 is 1.35 bits per heavy atom. The highest BCUT2D eigenvalue weighted by molar-refractivity contribution is 6.18. The van der Waals surface area contributed by atoms with Crippen LogP contribution in [0.3, 0.4) is 0 Å². The van der Waals surface area contributed by atoms with Gasteiger partial charge in [-0.25, -0.2) is 0 Å². The number of carbonyl (C=O) groups excluding carboxylic acids is 1. The van der Waals surface area contributed by atoms with E-state index in [2.05, 4.69) is 9.73 Å². The molecule has 3 nitrogen and oxygen atoms in total. The van der Waals surface area contributed by atoms with Crippen LogP contribution in [0, 0.1) is 5.92 Å². The predicted molar refractivity (Wildman–Crippen MR) is 54.1 cm³/mol. The van der Waals surface area contributed by atoms with Crippen molar-refractivity contribution in [1.82, 2.24) is 0 Å². The maximum absolute atomic E-state index is 12.0. The molecule has 1 heterocycles. The summed E-state index contributed by atoms with van der Waals surface area (Å²) in [5.41, 5.74) is 0.976. The highest BCUT2D eigenvalue weighted by atomic mass is 19.4. The lowest BCUT2D eigenvalue weighted by molar-refractivity contribution is -0.303. The van der Waals surface area contributed by atoms with Crippen LogP contribution in [-0.4, -0.2) is 17.9 Å². The van der Waals surface area contributed by atoms with Gasteiger partial charge in [-0.2, -0.15) is 0 Å². The van der Waals surface area contributed by atoms with Crippen LogP contribution < -0.4 is 0 Å². The molecule has 1 unspecified atom stereocenters. The lowest BCUT2D eigenvalue weighted by Crippen LogP contribution is -2.26. The molecule has 0 spiro atoms. The number of hydrogen-bond donors (Lipinski definition) is 0. The molecular weight excluding hydrogens is 235 g/mol. The molecule has 0 aromatic carbocycles. The van der Waals surface area contributed by atoms with Crippen molar-refractivity contribution < 1.29 is 22.7 Å². The SMILES string of the molecule is CC1=CC(=O)C2C=C(OC(F)(F)F)C=CC2=N1. The van der Waals surface area contributed by atoms with Crippen molar-refractivity contribution in [2.75, 3.05) is 0 Å². The second kappa shape index (κ2) is 3.87. The first kappa shape index (κ1) is 11.6. The normalized spacial score (nSPS) is 23.6. The summed E-state index contributed by atoms with van der Waals surface area (Å²) in [6, 6.07) is 0. The van der Waals surface area contributed by atoms with E-state index in [4.69, 9.17) is 0 Å². The Hall–Kier alpha value is -1.85. The summed E-state index contributed by atoms with van der Waals surface area (Å²) in [5, 5.41) is 0. The maximum atomic E-state index is 12.0. The van der Waals surface area contributed by atoms with Gasteiger partial charge in [-0.3, -0.25) is 9.79 Å². The van der Waals surface area contributed by atoms with E-state index in [1.807, 2.05) is 0 Å². The maximum Gasteiger partial charge on any atom is 0.573 e. The Kier molecular flexibility index (Phi) is 2.65. The Balaban J connectivity index is 2.24. The van der Waals surface area contributed by atoms with Crippen LogP contribution in [0.5, 0.6) is 0 Å². The number of fused-ring (bicyclic) bond motifs is 1. The summed E-state index contributed by atoms with van der Waals surface area (Å²) in [6.07, 6.45) is 0.176. The van der Waals surface area contributed by atoms with Crippen molar-refractivity contribution in [3.05, 3.63) is 35.8 Å². The van der Waals surface area contributed by atoms with Gasteiger partial charge in [0.05, 0.1) is 11.6 Å². The molecule has 0 amide bonds. The van der Waals surface area contributed by atoms with Gasteiger partial charge in [0.15, 0.2) is 5.78 Å². The number of rotatable bonds is 1. The minimum atomic E-state index is -4.76. The molecule has 17 heavy (non-hydrogen) atoms. The molecule has 1 aliphatic carbocycles. The molecule has 0 bridgehead atoms. The molecule has 90 valence electrons. The summed E-state index contributed by atoms with van der Waals surface area (Å²) < 4.78 is 39.7. The molecule has 0 fully saturated rings. The Labute approximate surface area is 95.0 Å². The van der Waals surface area contributed by atoms with Crippen molar-refractivity contribution in [2.45, 2.75) is 13.3 Å². The molecule has 0 N–H and O–H groups in total. The van der Waals surface area contributed by atoms with Gasteiger partial charge in [-0.15, -0.1) is 13.2 Å². The van der Waals surface area contributed by atoms with E-state index < -0.39 is 12.3 Å². The summed E-state index contributed by atoms with van der Waals surface area (Å²) in [7, 11) is 0. The van der Waals surface area contributed by atoms with Gasteiger partial charge < -0.3 is 4.74 Å². The molecular formula is C11H8F3NO2. The number of alkyl halides is 3. The fourth-order valence-corrected chi connectivity index (χ4v) is 1.64. The summed E-state index contributed by atoms with van der Waals surface area (Å²) in [6.45, 7) is 1.65.